The molecule has 0 aliphatic rings. The number of thiophene rings is 1. The summed E-state index contributed by atoms with van der Waals surface area (Å²) < 4.78 is 18.6. The second-order valence-corrected chi connectivity index (χ2v) is 34.3. The Morgan fingerprint density at radius 1 is 0.200 bits per heavy atom. The molecule has 6 heteroatoms. The summed E-state index contributed by atoms with van der Waals surface area (Å²) in [6, 6.07) is 152. The molecule has 0 aliphatic carbocycles. The summed E-state index contributed by atoms with van der Waals surface area (Å²) in [6.07, 6.45) is 0. The summed E-state index contributed by atoms with van der Waals surface area (Å²) in [5.74, 6) is 0. The number of hydrogen-bond acceptors (Lipinski definition) is 2. The van der Waals surface area contributed by atoms with Crippen LogP contribution in [0, 0.1) is 34.6 Å². The lowest BCUT2D eigenvalue weighted by atomic mass is 9.95. The quantitative estimate of drug-likeness (QED) is 0.134. The monoisotopic (exact) mass is 1620 g/mol. The van der Waals surface area contributed by atoms with E-state index in [2.05, 4.69) is 459 Å². The van der Waals surface area contributed by atoms with E-state index >= 15 is 0 Å². The van der Waals surface area contributed by atoms with E-state index in [0.29, 0.717) is 0 Å². The SMILES string of the molecule is Cc1ccc2c3ccccc3n(-c3ccccc3-c3cccc(-c4cccc5sc6ccccc6c45)c3)c2c1.Cc1cccc2c1c1c(C)cccc1n2-c1ccccc1-c1ccc(-c2ccc3c(c2)oc2ccccc23)cc1.Cc1cccc2c1c1c(C)cccc1n2-c1ccccc1-c1ccc(-c2cccc3c4ccccc4n(-c4ccccc4)c23)cc1. The molecule has 0 saturated heterocycles. The Bertz CT molecular complexity index is 8480. The number of nitrogens with zero attached hydrogens (tertiary/aromatic N) is 4. The van der Waals surface area contributed by atoms with Crippen LogP contribution in [0.5, 0.6) is 0 Å². The molecule has 25 rings (SSSR count). The average Bonchev–Trinajstić information content (AvgIpc) is 1.59. The summed E-state index contributed by atoms with van der Waals surface area (Å²) in [6.45, 7) is 11.0. The largest absolute Gasteiger partial charge is 0.456 e. The van der Waals surface area contributed by atoms with Crippen LogP contribution in [-0.2, 0) is 0 Å². The molecule has 0 atom stereocenters. The number of para-hydroxylation sites is 8. The Balaban J connectivity index is 0.000000108. The molecule has 0 bridgehead atoms. The maximum atomic E-state index is 6.15. The Hall–Kier alpha value is -15.6. The van der Waals surface area contributed by atoms with Gasteiger partial charge in [0.15, 0.2) is 0 Å². The van der Waals surface area contributed by atoms with Gasteiger partial charge in [-0.2, -0.15) is 0 Å². The fourth-order valence-electron chi connectivity index (χ4n) is 20.1. The standard InChI is InChI=1S/C44H32N2.C38H27NO.C37H25NS/c1-29-13-10-23-40-42(29)43-30(2)14-11-24-41(43)46(40)38-21-8-6-17-34(38)31-25-27-32(28-26-31)35-19-12-20-37-36-18-7-9-22-39(36)45(44(35)37)33-15-4-3-5-16-33;1-24-9-7-14-33-37(24)38-25(2)10-8-15-34(38)39(33)32-13-5-3-11-29(32)27-19-17-26(18-20-27)28-21-22-31-30-12-4-6-16-35(30)40-36(31)23-28;1-24-20-21-30-29-13-3-6-17-33(29)38(34(30)22-24)32-16-5-2-12-27(32)25-10-8-11-26(23-25)28-15-9-19-36-37(28)31-14-4-7-18-35(31)39-36/h3-28H,1-2H3;3-23H,1-2H3;2-23H,1H3. The highest BCUT2D eigenvalue weighted by Crippen LogP contribution is 2.47. The first-order valence-corrected chi connectivity index (χ1v) is 43.9. The molecule has 0 radical (unpaired) electrons. The van der Waals surface area contributed by atoms with E-state index in [1.165, 1.54) is 219 Å². The molecule has 6 aromatic heterocycles. The number of rotatable bonds is 10. The van der Waals surface area contributed by atoms with Crippen molar-refractivity contribution < 1.29 is 4.42 Å². The van der Waals surface area contributed by atoms with E-state index in [1.807, 2.05) is 23.5 Å². The second kappa shape index (κ2) is 30.5. The van der Waals surface area contributed by atoms with Gasteiger partial charge >= 0.3 is 0 Å². The lowest BCUT2D eigenvalue weighted by Crippen LogP contribution is -1.97. The van der Waals surface area contributed by atoms with Crippen molar-refractivity contribution in [3.05, 3.63) is 446 Å². The molecule has 0 aliphatic heterocycles. The molecular weight excluding hydrogens is 1530 g/mol. The van der Waals surface area contributed by atoms with Crippen molar-refractivity contribution in [2.45, 2.75) is 34.6 Å². The van der Waals surface area contributed by atoms with Crippen molar-refractivity contribution >= 4 is 141 Å². The normalized spacial score (nSPS) is 11.7. The number of benzene rings is 19. The number of furan rings is 1. The van der Waals surface area contributed by atoms with Crippen LogP contribution in [0.3, 0.4) is 0 Å². The third-order valence-electron chi connectivity index (χ3n) is 25.7. The van der Waals surface area contributed by atoms with Gasteiger partial charge in [-0.25, -0.2) is 0 Å². The van der Waals surface area contributed by atoms with E-state index in [1.54, 1.807) is 0 Å². The molecule has 125 heavy (non-hydrogen) atoms. The molecule has 25 aromatic rings. The Morgan fingerprint density at radius 3 is 1.17 bits per heavy atom. The summed E-state index contributed by atoms with van der Waals surface area (Å²) in [5.41, 5.74) is 37.6. The number of hydrogen-bond donors (Lipinski definition) is 0. The van der Waals surface area contributed by atoms with Gasteiger partial charge in [0.05, 0.1) is 61.2 Å². The minimum absolute atomic E-state index is 0.921. The van der Waals surface area contributed by atoms with Crippen LogP contribution in [-0.4, -0.2) is 18.3 Å². The Kier molecular flexibility index (Phi) is 18.2. The summed E-state index contributed by atoms with van der Waals surface area (Å²) in [7, 11) is 0. The van der Waals surface area contributed by atoms with Crippen molar-refractivity contribution in [3.63, 3.8) is 0 Å². The molecule has 592 valence electrons. The van der Waals surface area contributed by atoms with Crippen molar-refractivity contribution in [1.82, 2.24) is 18.3 Å². The molecule has 0 amide bonds. The van der Waals surface area contributed by atoms with Gasteiger partial charge in [-0.1, -0.05) is 309 Å². The first kappa shape index (κ1) is 74.5. The fraction of sp³-hybridized carbons (Fsp3) is 0.0420. The highest BCUT2D eigenvalue weighted by Gasteiger charge is 2.24. The van der Waals surface area contributed by atoms with Gasteiger partial charge in [-0.05, 0) is 216 Å². The van der Waals surface area contributed by atoms with Gasteiger partial charge in [-0.15, -0.1) is 11.3 Å². The molecule has 19 aromatic carbocycles. The second-order valence-electron chi connectivity index (χ2n) is 33.2. The topological polar surface area (TPSA) is 32.9 Å². The predicted octanol–water partition coefficient (Wildman–Crippen LogP) is 33.3. The van der Waals surface area contributed by atoms with Crippen LogP contribution >= 0.6 is 11.3 Å². The van der Waals surface area contributed by atoms with E-state index in [-0.39, 0.29) is 0 Å². The van der Waals surface area contributed by atoms with Crippen LogP contribution in [0.25, 0.3) is 219 Å². The number of aromatic nitrogens is 4. The zero-order valence-electron chi connectivity index (χ0n) is 69.9. The Labute approximate surface area is 728 Å². The van der Waals surface area contributed by atoms with Gasteiger partial charge in [-0.3, -0.25) is 0 Å². The van der Waals surface area contributed by atoms with Gasteiger partial charge < -0.3 is 22.7 Å². The smallest absolute Gasteiger partial charge is 0.136 e. The van der Waals surface area contributed by atoms with E-state index in [9.17, 15) is 0 Å². The fourth-order valence-corrected chi connectivity index (χ4v) is 21.2. The van der Waals surface area contributed by atoms with Crippen LogP contribution in [0.2, 0.25) is 0 Å². The first-order valence-electron chi connectivity index (χ1n) is 43.1. The summed E-state index contributed by atoms with van der Waals surface area (Å²) in [4.78, 5) is 0. The number of aryl methyl sites for hydroxylation is 5. The molecule has 0 fully saturated rings. The van der Waals surface area contributed by atoms with Gasteiger partial charge in [0.25, 0.3) is 0 Å². The van der Waals surface area contributed by atoms with Gasteiger partial charge in [0.1, 0.15) is 11.2 Å². The Morgan fingerprint density at radius 2 is 0.576 bits per heavy atom. The highest BCUT2D eigenvalue weighted by molar-refractivity contribution is 7.26. The molecule has 0 saturated carbocycles. The van der Waals surface area contributed by atoms with Gasteiger partial charge in [0, 0.05) is 102 Å². The minimum Gasteiger partial charge on any atom is -0.456 e. The van der Waals surface area contributed by atoms with E-state index in [4.69, 9.17) is 4.42 Å². The highest BCUT2D eigenvalue weighted by atomic mass is 32.1. The lowest BCUT2D eigenvalue weighted by Gasteiger charge is -2.15. The van der Waals surface area contributed by atoms with Crippen molar-refractivity contribution in [2.75, 3.05) is 0 Å². The zero-order valence-corrected chi connectivity index (χ0v) is 70.8. The third kappa shape index (κ3) is 12.5. The van der Waals surface area contributed by atoms with Crippen molar-refractivity contribution in [3.8, 4) is 89.5 Å². The van der Waals surface area contributed by atoms with Crippen LogP contribution in [0.4, 0.5) is 0 Å². The van der Waals surface area contributed by atoms with Crippen LogP contribution < -0.4 is 0 Å². The molecule has 5 nitrogen and oxygen atoms in total. The van der Waals surface area contributed by atoms with Crippen molar-refractivity contribution in [1.29, 1.82) is 0 Å². The van der Waals surface area contributed by atoms with Crippen LogP contribution in [0.15, 0.2) is 423 Å². The molecular formula is C119H84N4OS. The first-order chi connectivity index (χ1) is 61.6. The molecule has 0 unspecified atom stereocenters. The molecule has 0 N–H and O–H groups in total. The maximum absolute atomic E-state index is 6.15. The van der Waals surface area contributed by atoms with Crippen LogP contribution in [0.1, 0.15) is 27.8 Å². The predicted molar refractivity (Wildman–Crippen MR) is 533 cm³/mol. The third-order valence-corrected chi connectivity index (χ3v) is 26.9. The maximum Gasteiger partial charge on any atom is 0.136 e. The lowest BCUT2D eigenvalue weighted by molar-refractivity contribution is 0.669. The van der Waals surface area contributed by atoms with E-state index in [0.717, 1.165) is 27.5 Å². The van der Waals surface area contributed by atoms with Gasteiger partial charge in [0.2, 0.25) is 0 Å². The van der Waals surface area contributed by atoms with Crippen molar-refractivity contribution in [2.24, 2.45) is 0 Å². The number of fused-ring (bicyclic) bond motifs is 18. The minimum atomic E-state index is 0.921. The zero-order chi connectivity index (χ0) is 83.5. The van der Waals surface area contributed by atoms with E-state index < -0.39 is 0 Å². The molecule has 6 heterocycles. The molecule has 0 spiro atoms. The average molecular weight is 1620 g/mol. The summed E-state index contributed by atoms with van der Waals surface area (Å²) >= 11 is 1.87. The summed E-state index contributed by atoms with van der Waals surface area (Å²) in [5, 5.41) is 15.4.